The van der Waals surface area contributed by atoms with Gasteiger partial charge in [0, 0.05) is 31.3 Å². The van der Waals surface area contributed by atoms with E-state index in [1.165, 1.54) is 4.57 Å². The lowest BCUT2D eigenvalue weighted by Gasteiger charge is -2.29. The molecule has 1 fully saturated rings. The average molecular weight is 335 g/mol. The number of carbonyl (C=O) groups excluding carboxylic acids is 1. The van der Waals surface area contributed by atoms with E-state index in [9.17, 15) is 14.4 Å². The zero-order chi connectivity index (χ0) is 16.6. The zero-order valence-corrected chi connectivity index (χ0v) is 12.8. The highest BCUT2D eigenvalue weighted by molar-refractivity contribution is 7.80. The number of thiocarbonyl (C=S) groups is 1. The zero-order valence-electron chi connectivity index (χ0n) is 11.9. The molecule has 1 amide bonds. The van der Waals surface area contributed by atoms with E-state index in [0.717, 1.165) is 0 Å². The fraction of sp³-hybridized carbons (Fsp3) is 0.286. The lowest BCUT2D eigenvalue weighted by atomic mass is 10.2. The summed E-state index contributed by atoms with van der Waals surface area (Å²) >= 11 is 5.14. The Hall–Kier alpha value is -2.68. The molecule has 120 valence electrons. The third-order valence-corrected chi connectivity index (χ3v) is 3.89. The molecule has 0 spiro atoms. The number of hydrogen-bond donors (Lipinski definition) is 2. The molecule has 1 aromatic heterocycles. The molecule has 2 N–H and O–H groups in total. The van der Waals surface area contributed by atoms with Crippen LogP contribution in [0.15, 0.2) is 27.4 Å². The fourth-order valence-electron chi connectivity index (χ4n) is 2.45. The van der Waals surface area contributed by atoms with Crippen molar-refractivity contribution in [3.63, 3.8) is 0 Å². The second-order valence-corrected chi connectivity index (χ2v) is 5.46. The van der Waals surface area contributed by atoms with Crippen molar-refractivity contribution < 1.29 is 19.1 Å². The monoisotopic (exact) mass is 335 g/mol. The van der Waals surface area contributed by atoms with Gasteiger partial charge in [0.2, 0.25) is 5.91 Å². The Morgan fingerprint density at radius 2 is 2.17 bits per heavy atom. The molecule has 1 aromatic carbocycles. The van der Waals surface area contributed by atoms with E-state index in [2.05, 4.69) is 5.32 Å². The number of aliphatic carboxylic acids is 1. The molecule has 0 saturated carbocycles. The van der Waals surface area contributed by atoms with E-state index >= 15 is 0 Å². The van der Waals surface area contributed by atoms with Crippen LogP contribution in [-0.2, 0) is 16.1 Å². The third-order valence-electron chi connectivity index (χ3n) is 3.57. The SMILES string of the molecule is O=C(O)CCn1c(=O)oc2cc(N3CCC(=O)NC3=S)ccc21. The molecule has 1 aliphatic rings. The first-order valence-electron chi connectivity index (χ1n) is 6.92. The van der Waals surface area contributed by atoms with Crippen molar-refractivity contribution >= 4 is 46.0 Å². The van der Waals surface area contributed by atoms with Gasteiger partial charge in [-0.25, -0.2) is 4.79 Å². The van der Waals surface area contributed by atoms with Gasteiger partial charge in [0.25, 0.3) is 0 Å². The fourth-order valence-corrected chi connectivity index (χ4v) is 2.76. The number of carboxylic acids is 1. The highest BCUT2D eigenvalue weighted by Gasteiger charge is 2.22. The van der Waals surface area contributed by atoms with Gasteiger partial charge in [-0.2, -0.15) is 0 Å². The number of rotatable bonds is 4. The number of nitrogens with zero attached hydrogens (tertiary/aromatic N) is 2. The summed E-state index contributed by atoms with van der Waals surface area (Å²) < 4.78 is 6.46. The summed E-state index contributed by atoms with van der Waals surface area (Å²) in [4.78, 5) is 35.6. The van der Waals surface area contributed by atoms with Gasteiger partial charge in [0.05, 0.1) is 11.9 Å². The normalized spacial score (nSPS) is 15.0. The molecule has 2 heterocycles. The number of anilines is 1. The van der Waals surface area contributed by atoms with Crippen LogP contribution in [0.4, 0.5) is 5.69 Å². The van der Waals surface area contributed by atoms with Crippen molar-refractivity contribution in [3.8, 4) is 0 Å². The van der Waals surface area contributed by atoms with Gasteiger partial charge >= 0.3 is 11.7 Å². The Labute approximate surface area is 135 Å². The smallest absolute Gasteiger partial charge is 0.419 e. The van der Waals surface area contributed by atoms with Crippen LogP contribution in [-0.4, -0.2) is 33.2 Å². The van der Waals surface area contributed by atoms with Crippen LogP contribution >= 0.6 is 12.2 Å². The van der Waals surface area contributed by atoms with Crippen molar-refractivity contribution in [2.45, 2.75) is 19.4 Å². The molecule has 0 atom stereocenters. The van der Waals surface area contributed by atoms with Gasteiger partial charge in [-0.15, -0.1) is 0 Å². The first kappa shape index (κ1) is 15.2. The van der Waals surface area contributed by atoms with Crippen molar-refractivity contribution in [2.75, 3.05) is 11.4 Å². The molecular weight excluding hydrogens is 322 g/mol. The minimum atomic E-state index is -0.989. The summed E-state index contributed by atoms with van der Waals surface area (Å²) in [5, 5.41) is 11.6. The summed E-state index contributed by atoms with van der Waals surface area (Å²) in [7, 11) is 0. The summed E-state index contributed by atoms with van der Waals surface area (Å²) in [6.45, 7) is 0.485. The Kier molecular flexibility index (Phi) is 3.87. The van der Waals surface area contributed by atoms with Crippen molar-refractivity contribution in [1.29, 1.82) is 0 Å². The lowest BCUT2D eigenvalue weighted by molar-refractivity contribution is -0.137. The Morgan fingerprint density at radius 1 is 1.39 bits per heavy atom. The van der Waals surface area contributed by atoms with Crippen LogP contribution in [0.3, 0.4) is 0 Å². The minimum absolute atomic E-state index is 0.0404. The average Bonchev–Trinajstić information content (AvgIpc) is 2.79. The molecule has 3 rings (SSSR count). The van der Waals surface area contributed by atoms with Crippen LogP contribution in [0, 0.1) is 0 Å². The summed E-state index contributed by atoms with van der Waals surface area (Å²) in [6.07, 6.45) is 0.153. The van der Waals surface area contributed by atoms with Gasteiger partial charge < -0.3 is 19.7 Å². The third kappa shape index (κ3) is 2.95. The number of carboxylic acid groups (broad SMARTS) is 1. The molecule has 1 aliphatic heterocycles. The maximum Gasteiger partial charge on any atom is 0.419 e. The van der Waals surface area contributed by atoms with Crippen LogP contribution in [0.2, 0.25) is 0 Å². The minimum Gasteiger partial charge on any atom is -0.481 e. The highest BCUT2D eigenvalue weighted by atomic mass is 32.1. The van der Waals surface area contributed by atoms with Gasteiger partial charge in [0.15, 0.2) is 10.7 Å². The summed E-state index contributed by atoms with van der Waals surface area (Å²) in [5.74, 6) is -1.72. The standard InChI is InChI=1S/C14H13N3O5S/c18-11-3-5-16(13(23)15-11)8-1-2-9-10(7-8)22-14(21)17(9)6-4-12(19)20/h1-2,7H,3-6H2,(H,19,20)(H,15,18,23). The lowest BCUT2D eigenvalue weighted by Crippen LogP contribution is -2.49. The van der Waals surface area contributed by atoms with E-state index in [-0.39, 0.29) is 18.9 Å². The molecule has 8 nitrogen and oxygen atoms in total. The quantitative estimate of drug-likeness (QED) is 0.792. The van der Waals surface area contributed by atoms with Crippen LogP contribution < -0.4 is 16.0 Å². The maximum absolute atomic E-state index is 11.9. The van der Waals surface area contributed by atoms with Crippen molar-refractivity contribution in [1.82, 2.24) is 9.88 Å². The van der Waals surface area contributed by atoms with E-state index < -0.39 is 11.7 Å². The van der Waals surface area contributed by atoms with Crippen molar-refractivity contribution in [2.24, 2.45) is 0 Å². The largest absolute Gasteiger partial charge is 0.481 e. The predicted molar refractivity (Wildman–Crippen MR) is 85.4 cm³/mol. The van der Waals surface area contributed by atoms with Gasteiger partial charge in [-0.05, 0) is 24.4 Å². The first-order chi connectivity index (χ1) is 11.0. The van der Waals surface area contributed by atoms with Crippen molar-refractivity contribution in [3.05, 3.63) is 28.7 Å². The molecule has 9 heteroatoms. The number of aromatic nitrogens is 1. The van der Waals surface area contributed by atoms with Gasteiger partial charge in [0.1, 0.15) is 0 Å². The van der Waals surface area contributed by atoms with E-state index in [1.54, 1.807) is 23.1 Å². The molecule has 0 unspecified atom stereocenters. The Bertz CT molecular complexity index is 869. The predicted octanol–water partition coefficient (Wildman–Crippen LogP) is 0.680. The Morgan fingerprint density at radius 3 is 2.87 bits per heavy atom. The van der Waals surface area contributed by atoms with Gasteiger partial charge in [-0.3, -0.25) is 14.2 Å². The van der Waals surface area contributed by atoms with E-state index in [4.69, 9.17) is 21.7 Å². The van der Waals surface area contributed by atoms with Gasteiger partial charge in [-0.1, -0.05) is 0 Å². The number of benzene rings is 1. The van der Waals surface area contributed by atoms with Crippen LogP contribution in [0.1, 0.15) is 12.8 Å². The number of oxazole rings is 1. The number of nitrogens with one attached hydrogen (secondary N) is 1. The van der Waals surface area contributed by atoms with Crippen LogP contribution in [0.25, 0.3) is 11.1 Å². The topological polar surface area (TPSA) is 105 Å². The molecular formula is C14H13N3O5S. The number of aryl methyl sites for hydroxylation is 1. The second-order valence-electron chi connectivity index (χ2n) is 5.07. The molecule has 0 bridgehead atoms. The second kappa shape index (κ2) is 5.84. The number of amides is 1. The molecule has 23 heavy (non-hydrogen) atoms. The molecule has 0 radical (unpaired) electrons. The molecule has 0 aliphatic carbocycles. The molecule has 2 aromatic rings. The number of fused-ring (bicyclic) bond motifs is 1. The number of hydrogen-bond acceptors (Lipinski definition) is 5. The number of carbonyl (C=O) groups is 2. The van der Waals surface area contributed by atoms with Crippen LogP contribution in [0.5, 0.6) is 0 Å². The highest BCUT2D eigenvalue weighted by Crippen LogP contribution is 2.23. The van der Waals surface area contributed by atoms with E-state index in [0.29, 0.717) is 34.9 Å². The maximum atomic E-state index is 11.9. The molecule has 1 saturated heterocycles. The Balaban J connectivity index is 1.94. The first-order valence-corrected chi connectivity index (χ1v) is 7.33. The van der Waals surface area contributed by atoms with E-state index in [1.807, 2.05) is 0 Å². The summed E-state index contributed by atoms with van der Waals surface area (Å²) in [6, 6.07) is 5.08. The summed E-state index contributed by atoms with van der Waals surface area (Å²) in [5.41, 5.74) is 1.56.